The van der Waals surface area contributed by atoms with E-state index in [4.69, 9.17) is 22.1 Å². The second-order valence-electron chi connectivity index (χ2n) is 13.8. The molecule has 9 aromatic carbocycles. The minimum Gasteiger partial charge on any atom is -0.455 e. The molecule has 12 aromatic rings. The van der Waals surface area contributed by atoms with Crippen LogP contribution in [0.4, 0.5) is 0 Å². The molecule has 56 heavy (non-hydrogen) atoms. The van der Waals surface area contributed by atoms with Gasteiger partial charge in [0.05, 0.1) is 13.8 Å². The molecule has 0 saturated carbocycles. The minimum absolute atomic E-state index is 0.0147. The molecule has 0 aliphatic rings. The quantitative estimate of drug-likeness (QED) is 0.169. The summed E-state index contributed by atoms with van der Waals surface area (Å²) in [5.74, 6) is 0.686. The number of para-hydroxylation sites is 2. The normalized spacial score (nSPS) is 13.4. The molecule has 4 nitrogen and oxygen atoms in total. The van der Waals surface area contributed by atoms with Crippen molar-refractivity contribution in [2.75, 3.05) is 0 Å². The van der Waals surface area contributed by atoms with Gasteiger partial charge in [0.15, 0.2) is 17.5 Å². The Morgan fingerprint density at radius 1 is 0.429 bits per heavy atom. The van der Waals surface area contributed by atoms with E-state index in [1.165, 1.54) is 0 Å². The maximum absolute atomic E-state index is 9.93. The van der Waals surface area contributed by atoms with E-state index in [1.54, 1.807) is 0 Å². The van der Waals surface area contributed by atoms with Crippen LogP contribution in [0, 0.1) is 0 Å². The van der Waals surface area contributed by atoms with E-state index < -0.39 is 0 Å². The molecule has 0 aliphatic carbocycles. The number of nitrogens with zero attached hydrogens (tertiary/aromatic N) is 3. The molecule has 3 heterocycles. The highest BCUT2D eigenvalue weighted by atomic mass is 32.1. The van der Waals surface area contributed by atoms with Gasteiger partial charge in [-0.05, 0) is 79.8 Å². The summed E-state index contributed by atoms with van der Waals surface area (Å²) in [6.07, 6.45) is 0. The van der Waals surface area contributed by atoms with Crippen molar-refractivity contribution in [3.05, 3.63) is 176 Å². The average Bonchev–Trinajstić information content (AvgIpc) is 3.90. The Balaban J connectivity index is 1.16. The molecule has 260 valence electrons. The highest BCUT2D eigenvalue weighted by Gasteiger charge is 2.20. The number of furan rings is 1. The van der Waals surface area contributed by atoms with E-state index in [0.29, 0.717) is 53.9 Å². The summed E-state index contributed by atoms with van der Waals surface area (Å²) in [7, 11) is 0. The van der Waals surface area contributed by atoms with Crippen LogP contribution in [0.1, 0.15) is 8.22 Å². The largest absolute Gasteiger partial charge is 0.455 e. The van der Waals surface area contributed by atoms with E-state index in [1.807, 2.05) is 115 Å². The molecule has 0 spiro atoms. The molecular formula is C51H29N3OS. The van der Waals surface area contributed by atoms with Crippen LogP contribution in [0.25, 0.3) is 120 Å². The van der Waals surface area contributed by atoms with Crippen molar-refractivity contribution in [3.8, 4) is 45.3 Å². The molecule has 0 radical (unpaired) electrons. The molecule has 12 rings (SSSR count). The maximum atomic E-state index is 9.93. The monoisotopic (exact) mass is 737 g/mol. The number of aromatic nitrogens is 3. The SMILES string of the molecule is [2H]c1c(-c2ccc3c4ccccc4c4ccccc4c3c2)c([2H])c2c(sc3c([2H])c([2H])c([2H])c(-c4nc(-c5ccccc5)nc(-c5cccc6c5oc5ccccc56)n4)c32)c1[2H]. The molecule has 0 amide bonds. The molecule has 0 atom stereocenters. The summed E-state index contributed by atoms with van der Waals surface area (Å²) >= 11 is 1.09. The van der Waals surface area contributed by atoms with Crippen LogP contribution in [0.15, 0.2) is 180 Å². The molecule has 5 heteroatoms. The first-order chi connectivity index (χ1) is 30.3. The Morgan fingerprint density at radius 3 is 1.86 bits per heavy atom. The van der Waals surface area contributed by atoms with Crippen molar-refractivity contribution in [3.63, 3.8) is 0 Å². The van der Waals surface area contributed by atoms with Crippen molar-refractivity contribution < 1.29 is 12.6 Å². The van der Waals surface area contributed by atoms with Gasteiger partial charge < -0.3 is 4.42 Å². The number of rotatable bonds is 4. The summed E-state index contributed by atoms with van der Waals surface area (Å²) in [6, 6.07) is 44.4. The smallest absolute Gasteiger partial charge is 0.167 e. The summed E-state index contributed by atoms with van der Waals surface area (Å²) in [5.41, 5.74) is 3.61. The van der Waals surface area contributed by atoms with Gasteiger partial charge in [0.25, 0.3) is 0 Å². The van der Waals surface area contributed by atoms with Gasteiger partial charge in [-0.3, -0.25) is 0 Å². The van der Waals surface area contributed by atoms with Crippen molar-refractivity contribution >= 4 is 85.8 Å². The minimum atomic E-state index is -0.334. The van der Waals surface area contributed by atoms with Gasteiger partial charge >= 0.3 is 0 Å². The van der Waals surface area contributed by atoms with E-state index in [9.17, 15) is 5.48 Å². The molecule has 0 bridgehead atoms. The second-order valence-corrected chi connectivity index (χ2v) is 14.8. The van der Waals surface area contributed by atoms with E-state index in [2.05, 4.69) is 24.3 Å². The number of thiophene rings is 1. The van der Waals surface area contributed by atoms with Gasteiger partial charge in [-0.15, -0.1) is 11.3 Å². The first kappa shape index (κ1) is 25.7. The third-order valence-corrected chi connectivity index (χ3v) is 11.7. The van der Waals surface area contributed by atoms with E-state index in [0.717, 1.165) is 54.4 Å². The highest BCUT2D eigenvalue weighted by Crippen LogP contribution is 2.43. The first-order valence-corrected chi connectivity index (χ1v) is 19.1. The fourth-order valence-electron chi connectivity index (χ4n) is 8.08. The van der Waals surface area contributed by atoms with E-state index >= 15 is 0 Å². The van der Waals surface area contributed by atoms with Gasteiger partial charge in [0, 0.05) is 42.1 Å². The Labute approximate surface area is 333 Å². The molecule has 0 aliphatic heterocycles. The zero-order valence-corrected chi connectivity index (χ0v) is 30.3. The lowest BCUT2D eigenvalue weighted by Gasteiger charge is -2.12. The molecule has 0 fully saturated rings. The van der Waals surface area contributed by atoms with Crippen LogP contribution in [0.3, 0.4) is 0 Å². The molecule has 0 unspecified atom stereocenters. The lowest BCUT2D eigenvalue weighted by Crippen LogP contribution is -2.00. The topological polar surface area (TPSA) is 51.8 Å². The molecule has 0 saturated heterocycles. The standard InChI is InChI=1S/C51H29N3OS/c1-2-12-30(13-3-1)49-52-50(54-51(53-49)41-21-10-19-39-38-18-8-9-22-44(38)55-48(39)41)40-20-11-23-46-47(40)43-29-32(25-27-45(43)56-46)31-24-26-37-35-16-5-4-14-33(35)34-15-6-7-17-36(34)42(37)28-31/h1-29H/i11D,20D,23D,25D,27D,29D. The summed E-state index contributed by atoms with van der Waals surface area (Å²) < 4.78 is 63.4. The molecular weight excluding hydrogens is 703 g/mol. The zero-order chi connectivity index (χ0) is 42.0. The highest BCUT2D eigenvalue weighted by molar-refractivity contribution is 7.26. The van der Waals surface area contributed by atoms with Crippen LogP contribution in [-0.4, -0.2) is 15.0 Å². The predicted octanol–water partition coefficient (Wildman–Crippen LogP) is 14.3. The van der Waals surface area contributed by atoms with Gasteiger partial charge in [0.1, 0.15) is 11.2 Å². The van der Waals surface area contributed by atoms with Crippen molar-refractivity contribution in [1.82, 2.24) is 15.0 Å². The summed E-state index contributed by atoms with van der Waals surface area (Å²) in [5, 5.41) is 8.82. The summed E-state index contributed by atoms with van der Waals surface area (Å²) in [4.78, 5) is 15.0. The lowest BCUT2D eigenvalue weighted by molar-refractivity contribution is 0.669. The molecule has 3 aromatic heterocycles. The van der Waals surface area contributed by atoms with Crippen molar-refractivity contribution in [1.29, 1.82) is 0 Å². The van der Waals surface area contributed by atoms with Crippen molar-refractivity contribution in [2.45, 2.75) is 0 Å². The average molecular weight is 738 g/mol. The number of benzene rings is 9. The lowest BCUT2D eigenvalue weighted by atomic mass is 9.92. The maximum Gasteiger partial charge on any atom is 0.167 e. The Kier molecular flexibility index (Phi) is 5.59. The third kappa shape index (κ3) is 4.75. The van der Waals surface area contributed by atoms with Gasteiger partial charge in [-0.2, -0.15) is 0 Å². The number of hydrogen-bond acceptors (Lipinski definition) is 5. The zero-order valence-electron chi connectivity index (χ0n) is 35.4. The van der Waals surface area contributed by atoms with E-state index in [-0.39, 0.29) is 59.0 Å². The number of fused-ring (bicyclic) bond motifs is 12. The Hall–Kier alpha value is -7.21. The summed E-state index contributed by atoms with van der Waals surface area (Å²) in [6.45, 7) is 0. The number of hydrogen-bond donors (Lipinski definition) is 0. The van der Waals surface area contributed by atoms with Crippen LogP contribution >= 0.6 is 11.3 Å². The van der Waals surface area contributed by atoms with Crippen LogP contribution in [0.2, 0.25) is 0 Å². The first-order valence-electron chi connectivity index (χ1n) is 21.3. The molecule has 0 N–H and O–H groups in total. The van der Waals surface area contributed by atoms with Crippen molar-refractivity contribution in [2.24, 2.45) is 0 Å². The second kappa shape index (κ2) is 12.2. The Morgan fingerprint density at radius 2 is 1.07 bits per heavy atom. The third-order valence-electron chi connectivity index (χ3n) is 10.6. The van der Waals surface area contributed by atoms with Gasteiger partial charge in [-0.25, -0.2) is 15.0 Å². The van der Waals surface area contributed by atoms with Gasteiger partial charge in [-0.1, -0.05) is 139 Å². The van der Waals surface area contributed by atoms with Crippen LogP contribution < -0.4 is 0 Å². The fraction of sp³-hybridized carbons (Fsp3) is 0. The Bertz CT molecular complexity index is 3870. The van der Waals surface area contributed by atoms with Crippen LogP contribution in [0.5, 0.6) is 0 Å². The predicted molar refractivity (Wildman–Crippen MR) is 234 cm³/mol. The van der Waals surface area contributed by atoms with Crippen LogP contribution in [-0.2, 0) is 0 Å². The van der Waals surface area contributed by atoms with Gasteiger partial charge in [0.2, 0.25) is 0 Å². The fourth-order valence-corrected chi connectivity index (χ4v) is 9.05.